The van der Waals surface area contributed by atoms with Crippen molar-refractivity contribution in [3.05, 3.63) is 12.4 Å². The number of carbonyl (C=O) groups is 3. The second-order valence-corrected chi connectivity index (χ2v) is 4.71. The lowest BCUT2D eigenvalue weighted by molar-refractivity contribution is -0.148. The van der Waals surface area contributed by atoms with E-state index in [4.69, 9.17) is 0 Å². The Kier molecular flexibility index (Phi) is 2.07. The third kappa shape index (κ3) is 1.24. The van der Waals surface area contributed by atoms with Gasteiger partial charge in [-0.05, 0) is 12.8 Å². The van der Waals surface area contributed by atoms with Gasteiger partial charge in [-0.25, -0.2) is 9.69 Å². The van der Waals surface area contributed by atoms with Gasteiger partial charge in [-0.3, -0.25) is 19.6 Å². The quantitative estimate of drug-likeness (QED) is 0.718. The summed E-state index contributed by atoms with van der Waals surface area (Å²) in [5.41, 5.74) is -0.650. The molecular weight excluding hydrogens is 236 g/mol. The summed E-state index contributed by atoms with van der Waals surface area (Å²) in [6.07, 6.45) is 4.83. The normalized spacial score (nSPS) is 22.1. The minimum absolute atomic E-state index is 0.388. The van der Waals surface area contributed by atoms with Crippen molar-refractivity contribution in [3.63, 3.8) is 0 Å². The highest BCUT2D eigenvalue weighted by atomic mass is 16.2. The van der Waals surface area contributed by atoms with Crippen LogP contribution in [0.2, 0.25) is 0 Å². The number of imide groups is 2. The fraction of sp³-hybridized carbons (Fsp3) is 0.455. The third-order valence-corrected chi connectivity index (χ3v) is 3.63. The van der Waals surface area contributed by atoms with Gasteiger partial charge in [-0.15, -0.1) is 0 Å². The number of nitrogens with zero attached hydrogens (tertiary/aromatic N) is 3. The average Bonchev–Trinajstić information content (AvgIpc) is 2.61. The number of aryl methyl sites for hydroxylation is 1. The molecule has 7 heteroatoms. The Hall–Kier alpha value is -2.18. The molecule has 1 saturated carbocycles. The number of nitrogens with one attached hydrogen (secondary N) is 1. The summed E-state index contributed by atoms with van der Waals surface area (Å²) < 4.78 is 1.50. The van der Waals surface area contributed by atoms with E-state index in [1.165, 1.54) is 10.9 Å². The van der Waals surface area contributed by atoms with E-state index in [-0.39, 0.29) is 0 Å². The van der Waals surface area contributed by atoms with E-state index in [1.54, 1.807) is 13.2 Å². The van der Waals surface area contributed by atoms with Crippen molar-refractivity contribution in [2.75, 3.05) is 4.90 Å². The molecule has 1 spiro atoms. The summed E-state index contributed by atoms with van der Waals surface area (Å²) in [6.45, 7) is 0. The Balaban J connectivity index is 2.01. The summed E-state index contributed by atoms with van der Waals surface area (Å²) in [6, 6.07) is -0.699. The number of carbonyl (C=O) groups excluding carboxylic acids is 3. The molecular formula is C11H12N4O3. The molecule has 1 aromatic rings. The Bertz CT molecular complexity index is 558. The molecule has 1 aliphatic carbocycles. The predicted molar refractivity (Wildman–Crippen MR) is 60.5 cm³/mol. The second kappa shape index (κ2) is 3.41. The molecule has 1 N–H and O–H groups in total. The minimum Gasteiger partial charge on any atom is -0.276 e. The van der Waals surface area contributed by atoms with Gasteiger partial charge in [0.1, 0.15) is 5.41 Å². The largest absolute Gasteiger partial charge is 0.335 e. The number of urea groups is 1. The maximum absolute atomic E-state index is 12.4. The van der Waals surface area contributed by atoms with E-state index in [9.17, 15) is 14.4 Å². The number of anilines is 1. The molecule has 0 atom stereocenters. The van der Waals surface area contributed by atoms with Gasteiger partial charge < -0.3 is 0 Å². The van der Waals surface area contributed by atoms with Crippen LogP contribution in [0.25, 0.3) is 0 Å². The molecule has 94 valence electrons. The summed E-state index contributed by atoms with van der Waals surface area (Å²) in [5, 5.41) is 6.18. The Morgan fingerprint density at radius 2 is 2.06 bits per heavy atom. The van der Waals surface area contributed by atoms with Crippen molar-refractivity contribution in [2.45, 2.75) is 19.3 Å². The molecule has 0 bridgehead atoms. The highest BCUT2D eigenvalue weighted by Gasteiger charge is 2.57. The molecule has 2 fully saturated rings. The van der Waals surface area contributed by atoms with Crippen LogP contribution in [0.5, 0.6) is 0 Å². The van der Waals surface area contributed by atoms with Crippen LogP contribution in [0.1, 0.15) is 19.3 Å². The molecule has 0 aromatic carbocycles. The Morgan fingerprint density at radius 1 is 1.33 bits per heavy atom. The molecule has 1 saturated heterocycles. The fourth-order valence-corrected chi connectivity index (χ4v) is 2.41. The van der Waals surface area contributed by atoms with Crippen molar-refractivity contribution < 1.29 is 14.4 Å². The van der Waals surface area contributed by atoms with Crippen LogP contribution >= 0.6 is 0 Å². The molecule has 1 aromatic heterocycles. The SMILES string of the molecule is Cn1cc(N2C(=O)NC(=O)C3(CCC3)C2=O)cn1. The van der Waals surface area contributed by atoms with Crippen LogP contribution in [0.15, 0.2) is 12.4 Å². The van der Waals surface area contributed by atoms with Crippen LogP contribution in [-0.2, 0) is 16.6 Å². The van der Waals surface area contributed by atoms with Gasteiger partial charge in [0.2, 0.25) is 5.91 Å². The second-order valence-electron chi connectivity index (χ2n) is 4.71. The van der Waals surface area contributed by atoms with Crippen molar-refractivity contribution in [1.82, 2.24) is 15.1 Å². The van der Waals surface area contributed by atoms with Crippen LogP contribution in [0, 0.1) is 5.41 Å². The zero-order valence-corrected chi connectivity index (χ0v) is 9.84. The molecule has 18 heavy (non-hydrogen) atoms. The van der Waals surface area contributed by atoms with E-state index >= 15 is 0 Å². The molecule has 1 aliphatic heterocycles. The number of barbiturate groups is 1. The van der Waals surface area contributed by atoms with Gasteiger partial charge in [-0.1, -0.05) is 6.42 Å². The van der Waals surface area contributed by atoms with Gasteiger partial charge in [0.05, 0.1) is 11.9 Å². The highest BCUT2D eigenvalue weighted by molar-refractivity contribution is 6.30. The van der Waals surface area contributed by atoms with Crippen LogP contribution in [-0.4, -0.2) is 27.6 Å². The summed E-state index contributed by atoms with van der Waals surface area (Å²) in [4.78, 5) is 37.0. The minimum atomic E-state index is -1.04. The first-order valence-electron chi connectivity index (χ1n) is 5.73. The molecule has 3 rings (SSSR count). The standard InChI is InChI=1S/C11H12N4O3/c1-14-6-7(5-12-14)15-9(17)11(3-2-4-11)8(16)13-10(15)18/h5-6H,2-4H2,1H3,(H,13,16,18). The highest BCUT2D eigenvalue weighted by Crippen LogP contribution is 2.45. The molecule has 0 radical (unpaired) electrons. The van der Waals surface area contributed by atoms with Crippen molar-refractivity contribution in [1.29, 1.82) is 0 Å². The van der Waals surface area contributed by atoms with Gasteiger partial charge in [0, 0.05) is 13.2 Å². The summed E-state index contributed by atoms with van der Waals surface area (Å²) >= 11 is 0. The number of rotatable bonds is 1. The third-order valence-electron chi connectivity index (χ3n) is 3.63. The van der Waals surface area contributed by atoms with Crippen LogP contribution < -0.4 is 10.2 Å². The van der Waals surface area contributed by atoms with E-state index in [1.807, 2.05) is 0 Å². The van der Waals surface area contributed by atoms with Crippen molar-refractivity contribution in [2.24, 2.45) is 12.5 Å². The zero-order chi connectivity index (χ0) is 12.9. The monoisotopic (exact) mass is 248 g/mol. The zero-order valence-electron chi connectivity index (χ0n) is 9.84. The van der Waals surface area contributed by atoms with Crippen LogP contribution in [0.4, 0.5) is 10.5 Å². The van der Waals surface area contributed by atoms with Crippen molar-refractivity contribution in [3.8, 4) is 0 Å². The molecule has 7 nitrogen and oxygen atoms in total. The van der Waals surface area contributed by atoms with E-state index in [0.29, 0.717) is 18.5 Å². The van der Waals surface area contributed by atoms with E-state index in [2.05, 4.69) is 10.4 Å². The Labute approximate surface area is 103 Å². The molecule has 0 unspecified atom stereocenters. The fourth-order valence-electron chi connectivity index (χ4n) is 2.41. The van der Waals surface area contributed by atoms with E-state index in [0.717, 1.165) is 11.3 Å². The first kappa shape index (κ1) is 10.9. The molecule has 2 heterocycles. The number of aromatic nitrogens is 2. The maximum atomic E-state index is 12.4. The topological polar surface area (TPSA) is 84.3 Å². The summed E-state index contributed by atoms with van der Waals surface area (Å²) in [7, 11) is 1.69. The lowest BCUT2D eigenvalue weighted by Crippen LogP contribution is -2.66. The summed E-state index contributed by atoms with van der Waals surface area (Å²) in [5.74, 6) is -0.903. The number of amides is 4. The van der Waals surface area contributed by atoms with E-state index < -0.39 is 23.3 Å². The first-order chi connectivity index (χ1) is 8.54. The number of hydrogen-bond acceptors (Lipinski definition) is 4. The Morgan fingerprint density at radius 3 is 2.56 bits per heavy atom. The predicted octanol–water partition coefficient (Wildman–Crippen LogP) is 0.173. The average molecular weight is 248 g/mol. The molecule has 2 aliphatic rings. The van der Waals surface area contributed by atoms with Gasteiger partial charge in [-0.2, -0.15) is 5.10 Å². The van der Waals surface area contributed by atoms with Gasteiger partial charge in [0.25, 0.3) is 5.91 Å². The maximum Gasteiger partial charge on any atom is 0.335 e. The van der Waals surface area contributed by atoms with Gasteiger partial charge in [0.15, 0.2) is 0 Å². The van der Waals surface area contributed by atoms with Gasteiger partial charge >= 0.3 is 6.03 Å². The van der Waals surface area contributed by atoms with Crippen LogP contribution in [0.3, 0.4) is 0 Å². The molecule has 4 amide bonds. The smallest absolute Gasteiger partial charge is 0.276 e. The van der Waals surface area contributed by atoms with Crippen molar-refractivity contribution >= 4 is 23.5 Å². The first-order valence-corrected chi connectivity index (χ1v) is 5.73. The lowest BCUT2D eigenvalue weighted by Gasteiger charge is -2.44. The number of hydrogen-bond donors (Lipinski definition) is 1. The lowest BCUT2D eigenvalue weighted by atomic mass is 9.66.